The number of benzene rings is 1. The number of amides is 1. The molecule has 1 saturated carbocycles. The van der Waals surface area contributed by atoms with Crippen LogP contribution in [0.4, 0.5) is 4.79 Å². The molecule has 4 nitrogen and oxygen atoms in total. The van der Waals surface area contributed by atoms with Gasteiger partial charge < -0.3 is 4.74 Å². The van der Waals surface area contributed by atoms with Crippen LogP contribution < -0.4 is 5.32 Å². The lowest BCUT2D eigenvalue weighted by atomic mass is 9.75. The van der Waals surface area contributed by atoms with E-state index in [1.54, 1.807) is 6.07 Å². The third-order valence-corrected chi connectivity index (χ3v) is 4.18. The molecule has 0 heterocycles. The second-order valence-corrected chi connectivity index (χ2v) is 7.17. The van der Waals surface area contributed by atoms with Crippen LogP contribution >= 0.6 is 11.6 Å². The maximum Gasteiger partial charge on any atom is 0.514 e. The first kappa shape index (κ1) is 17.0. The zero-order valence-corrected chi connectivity index (χ0v) is 14.1. The van der Waals surface area contributed by atoms with Crippen LogP contribution in [0.15, 0.2) is 24.3 Å². The molecule has 1 aromatic carbocycles. The highest BCUT2D eigenvalue weighted by Gasteiger charge is 2.49. The van der Waals surface area contributed by atoms with Crippen LogP contribution in [0, 0.1) is 0 Å². The molecule has 1 amide bonds. The van der Waals surface area contributed by atoms with Crippen molar-refractivity contribution in [1.29, 1.82) is 0 Å². The molecule has 1 aromatic rings. The number of halogens is 1. The minimum atomic E-state index is -0.959. The monoisotopic (exact) mass is 324 g/mol. The molecule has 2 rings (SSSR count). The van der Waals surface area contributed by atoms with Gasteiger partial charge in [-0.05, 0) is 39.7 Å². The number of quaternary nitrogens is 1. The lowest BCUT2D eigenvalue weighted by Crippen LogP contribution is -3.00. The number of Topliss-reactive ketones (excluding diaryl/α,β-unsaturated/α-hetero) is 1. The summed E-state index contributed by atoms with van der Waals surface area (Å²) in [6.07, 6.45) is 2.32. The van der Waals surface area contributed by atoms with Crippen LogP contribution in [0.25, 0.3) is 0 Å². The Hall–Kier alpha value is -1.39. The van der Waals surface area contributed by atoms with E-state index < -0.39 is 17.2 Å². The fourth-order valence-corrected chi connectivity index (χ4v) is 3.23. The zero-order chi connectivity index (χ0) is 16.4. The molecule has 0 aromatic heterocycles. The smallest absolute Gasteiger partial charge is 0.414 e. The van der Waals surface area contributed by atoms with E-state index in [0.717, 1.165) is 12.8 Å². The lowest BCUT2D eigenvalue weighted by Gasteiger charge is -2.33. The number of nitrogens with two attached hydrogens (primary N) is 1. The van der Waals surface area contributed by atoms with E-state index in [-0.39, 0.29) is 5.78 Å². The molecule has 1 atom stereocenters. The molecule has 0 radical (unpaired) electrons. The van der Waals surface area contributed by atoms with Crippen molar-refractivity contribution in [2.45, 2.75) is 57.6 Å². The van der Waals surface area contributed by atoms with Gasteiger partial charge in [-0.3, -0.25) is 4.79 Å². The molecule has 0 saturated heterocycles. The van der Waals surface area contributed by atoms with E-state index in [1.165, 1.54) is 5.32 Å². The molecule has 22 heavy (non-hydrogen) atoms. The van der Waals surface area contributed by atoms with Gasteiger partial charge in [0, 0.05) is 18.4 Å². The summed E-state index contributed by atoms with van der Waals surface area (Å²) in [5.74, 6) is 0.0395. The topological polar surface area (TPSA) is 60.0 Å². The number of ketones is 1. The van der Waals surface area contributed by atoms with E-state index in [9.17, 15) is 9.59 Å². The van der Waals surface area contributed by atoms with Gasteiger partial charge >= 0.3 is 6.09 Å². The maximum absolute atomic E-state index is 12.7. The van der Waals surface area contributed by atoms with Gasteiger partial charge in [-0.1, -0.05) is 29.8 Å². The summed E-state index contributed by atoms with van der Waals surface area (Å²) < 4.78 is 5.39. The summed E-state index contributed by atoms with van der Waals surface area (Å²) in [5.41, 5.74) is -0.849. The first-order valence-corrected chi connectivity index (χ1v) is 8.00. The molecule has 0 aliphatic heterocycles. The Kier molecular flexibility index (Phi) is 4.93. The highest BCUT2D eigenvalue weighted by Crippen LogP contribution is 2.35. The number of primary amides is 1. The van der Waals surface area contributed by atoms with E-state index in [1.807, 2.05) is 39.0 Å². The number of carbonyl (C=O) groups excluding carboxylic acids is 2. The number of hydrogen-bond acceptors (Lipinski definition) is 3. The predicted octanol–water partition coefficient (Wildman–Crippen LogP) is 3.18. The van der Waals surface area contributed by atoms with E-state index in [0.29, 0.717) is 23.4 Å². The van der Waals surface area contributed by atoms with Crippen LogP contribution in [0.3, 0.4) is 0 Å². The summed E-state index contributed by atoms with van der Waals surface area (Å²) >= 11 is 6.30. The van der Waals surface area contributed by atoms with Crippen molar-refractivity contribution < 1.29 is 19.6 Å². The lowest BCUT2D eigenvalue weighted by molar-refractivity contribution is -0.647. The SMILES string of the molecule is CC(C)(C)OC(=O)[NH2+][C@@]1(c2ccccc2Cl)CCCCC1=O. The molecular weight excluding hydrogens is 302 g/mol. The fourth-order valence-electron chi connectivity index (χ4n) is 2.92. The number of carbonyl (C=O) groups is 2. The third kappa shape index (κ3) is 3.68. The molecule has 2 N–H and O–H groups in total. The van der Waals surface area contributed by atoms with Gasteiger partial charge in [0.25, 0.3) is 0 Å². The van der Waals surface area contributed by atoms with Crippen molar-refractivity contribution in [2.75, 3.05) is 0 Å². The molecule has 0 unspecified atom stereocenters. The summed E-state index contributed by atoms with van der Waals surface area (Å²) in [6, 6.07) is 7.24. The van der Waals surface area contributed by atoms with Crippen molar-refractivity contribution in [3.63, 3.8) is 0 Å². The Morgan fingerprint density at radius 1 is 1.27 bits per heavy atom. The van der Waals surface area contributed by atoms with Crippen LogP contribution in [0.2, 0.25) is 5.02 Å². The van der Waals surface area contributed by atoms with Gasteiger partial charge in [-0.2, -0.15) is 4.79 Å². The minimum Gasteiger partial charge on any atom is -0.414 e. The molecule has 0 bridgehead atoms. The summed E-state index contributed by atoms with van der Waals surface area (Å²) in [5, 5.41) is 1.94. The first-order chi connectivity index (χ1) is 10.2. The Morgan fingerprint density at radius 2 is 1.95 bits per heavy atom. The van der Waals surface area contributed by atoms with Crippen molar-refractivity contribution >= 4 is 23.5 Å². The second kappa shape index (κ2) is 6.39. The first-order valence-electron chi connectivity index (χ1n) is 7.62. The largest absolute Gasteiger partial charge is 0.514 e. The van der Waals surface area contributed by atoms with Crippen molar-refractivity contribution in [3.8, 4) is 0 Å². The van der Waals surface area contributed by atoms with Gasteiger partial charge in [-0.25, -0.2) is 5.32 Å². The second-order valence-electron chi connectivity index (χ2n) is 6.76. The summed E-state index contributed by atoms with van der Waals surface area (Å²) in [4.78, 5) is 25.0. The van der Waals surface area contributed by atoms with E-state index in [2.05, 4.69) is 0 Å². The fraction of sp³-hybridized carbons (Fsp3) is 0.529. The van der Waals surface area contributed by atoms with Crippen LogP contribution in [-0.4, -0.2) is 17.5 Å². The molecule has 1 fully saturated rings. The van der Waals surface area contributed by atoms with Crippen LogP contribution in [0.5, 0.6) is 0 Å². The number of hydrogen-bond donors (Lipinski definition) is 1. The average Bonchev–Trinajstić information content (AvgIpc) is 2.40. The Labute approximate surface area is 136 Å². The Bertz CT molecular complexity index is 580. The quantitative estimate of drug-likeness (QED) is 0.909. The highest BCUT2D eigenvalue weighted by atomic mass is 35.5. The molecule has 0 spiro atoms. The van der Waals surface area contributed by atoms with Crippen molar-refractivity contribution in [2.24, 2.45) is 0 Å². The maximum atomic E-state index is 12.7. The molecule has 1 aliphatic carbocycles. The minimum absolute atomic E-state index is 0.0395. The Balaban J connectivity index is 2.37. The predicted molar refractivity (Wildman–Crippen MR) is 84.8 cm³/mol. The van der Waals surface area contributed by atoms with Crippen molar-refractivity contribution in [1.82, 2.24) is 0 Å². The van der Waals surface area contributed by atoms with E-state index in [4.69, 9.17) is 16.3 Å². The van der Waals surface area contributed by atoms with Crippen molar-refractivity contribution in [3.05, 3.63) is 34.9 Å². The van der Waals surface area contributed by atoms with Gasteiger partial charge in [-0.15, -0.1) is 0 Å². The number of rotatable bonds is 2. The van der Waals surface area contributed by atoms with Gasteiger partial charge in [0.2, 0.25) is 0 Å². The van der Waals surface area contributed by atoms with Gasteiger partial charge in [0.15, 0.2) is 11.3 Å². The number of ether oxygens (including phenoxy) is 1. The summed E-state index contributed by atoms with van der Waals surface area (Å²) in [7, 11) is 0. The Morgan fingerprint density at radius 3 is 2.55 bits per heavy atom. The highest BCUT2D eigenvalue weighted by molar-refractivity contribution is 6.31. The van der Waals surface area contributed by atoms with Crippen LogP contribution in [-0.2, 0) is 15.1 Å². The molecule has 1 aliphatic rings. The normalized spacial score (nSPS) is 22.5. The standard InChI is InChI=1S/C17H22ClNO3/c1-16(2,3)22-15(21)19-17(11-7-6-10-14(17)20)12-8-4-5-9-13(12)18/h4-5,8-9H,6-7,10-11H2,1-3H3,(H,19,21)/p+1/t17-/m1/s1. The van der Waals surface area contributed by atoms with Gasteiger partial charge in [0.05, 0.1) is 5.02 Å². The zero-order valence-electron chi connectivity index (χ0n) is 13.3. The molecule has 5 heteroatoms. The van der Waals surface area contributed by atoms with E-state index >= 15 is 0 Å². The van der Waals surface area contributed by atoms with Crippen LogP contribution in [0.1, 0.15) is 52.0 Å². The molecular formula is C17H23ClNO3+. The molecule has 120 valence electrons. The van der Waals surface area contributed by atoms with Gasteiger partial charge in [0.1, 0.15) is 5.60 Å². The third-order valence-electron chi connectivity index (χ3n) is 3.85. The summed E-state index contributed by atoms with van der Waals surface area (Å²) in [6.45, 7) is 5.43. The average molecular weight is 325 g/mol.